The van der Waals surface area contributed by atoms with Gasteiger partial charge < -0.3 is 19.2 Å². The molecule has 1 amide bonds. The van der Waals surface area contributed by atoms with Crippen LogP contribution in [0.25, 0.3) is 17.2 Å². The quantitative estimate of drug-likeness (QED) is 0.644. The SMILES string of the molecule is O=C(/C=C/c1nc2ccccc2o1)NCC1(c2ccc3c(c2)OCCO3)CCCC1. The second-order valence-corrected chi connectivity index (χ2v) is 7.92. The van der Waals surface area contributed by atoms with E-state index in [0.29, 0.717) is 31.2 Å². The van der Waals surface area contributed by atoms with Gasteiger partial charge in [-0.3, -0.25) is 4.79 Å². The molecule has 2 aromatic carbocycles. The van der Waals surface area contributed by atoms with Crippen LogP contribution in [0.3, 0.4) is 0 Å². The van der Waals surface area contributed by atoms with Gasteiger partial charge in [0.2, 0.25) is 11.8 Å². The third kappa shape index (κ3) is 3.65. The Hall–Kier alpha value is -3.28. The monoisotopic (exact) mass is 404 g/mol. The number of benzene rings is 2. The van der Waals surface area contributed by atoms with Gasteiger partial charge in [0.25, 0.3) is 0 Å². The molecule has 1 aliphatic heterocycles. The Morgan fingerprint density at radius 1 is 1.07 bits per heavy atom. The average Bonchev–Trinajstić information content (AvgIpc) is 3.43. The molecule has 5 rings (SSSR count). The van der Waals surface area contributed by atoms with Crippen LogP contribution in [0, 0.1) is 0 Å². The van der Waals surface area contributed by atoms with Gasteiger partial charge in [-0.05, 0) is 42.7 Å². The zero-order chi connectivity index (χ0) is 20.4. The zero-order valence-electron chi connectivity index (χ0n) is 16.7. The van der Waals surface area contributed by atoms with Crippen LogP contribution in [0.1, 0.15) is 37.1 Å². The molecule has 0 radical (unpaired) electrons. The summed E-state index contributed by atoms with van der Waals surface area (Å²) in [6.07, 6.45) is 7.49. The van der Waals surface area contributed by atoms with Crippen LogP contribution in [0.5, 0.6) is 11.5 Å². The Balaban J connectivity index is 1.28. The number of nitrogens with one attached hydrogen (secondary N) is 1. The van der Waals surface area contributed by atoms with Gasteiger partial charge in [-0.15, -0.1) is 0 Å². The third-order valence-electron chi connectivity index (χ3n) is 6.00. The van der Waals surface area contributed by atoms with Gasteiger partial charge in [0, 0.05) is 24.1 Å². The van der Waals surface area contributed by atoms with Crippen LogP contribution >= 0.6 is 0 Å². The highest BCUT2D eigenvalue weighted by Gasteiger charge is 2.36. The highest BCUT2D eigenvalue weighted by molar-refractivity contribution is 5.91. The van der Waals surface area contributed by atoms with Crippen molar-refractivity contribution in [3.8, 4) is 11.5 Å². The normalized spacial score (nSPS) is 17.5. The molecule has 154 valence electrons. The number of rotatable bonds is 5. The van der Waals surface area contributed by atoms with Crippen LogP contribution in [-0.4, -0.2) is 30.6 Å². The van der Waals surface area contributed by atoms with Crippen molar-refractivity contribution >= 4 is 23.1 Å². The van der Waals surface area contributed by atoms with E-state index >= 15 is 0 Å². The molecule has 6 nitrogen and oxygen atoms in total. The summed E-state index contributed by atoms with van der Waals surface area (Å²) >= 11 is 0. The maximum atomic E-state index is 12.5. The number of ether oxygens (including phenoxy) is 2. The van der Waals surface area contributed by atoms with Gasteiger partial charge in [0.15, 0.2) is 17.1 Å². The Bertz CT molecular complexity index is 1060. The Labute approximate surface area is 174 Å². The summed E-state index contributed by atoms with van der Waals surface area (Å²) in [6.45, 7) is 1.74. The minimum Gasteiger partial charge on any atom is -0.486 e. The molecule has 1 saturated carbocycles. The molecule has 0 spiro atoms. The van der Waals surface area contributed by atoms with E-state index in [1.54, 1.807) is 6.08 Å². The molecular weight excluding hydrogens is 380 g/mol. The molecule has 0 bridgehead atoms. The largest absolute Gasteiger partial charge is 0.486 e. The van der Waals surface area contributed by atoms with Crippen molar-refractivity contribution in [2.24, 2.45) is 0 Å². The van der Waals surface area contributed by atoms with Crippen LogP contribution in [0.2, 0.25) is 0 Å². The number of hydrogen-bond donors (Lipinski definition) is 1. The highest BCUT2D eigenvalue weighted by Crippen LogP contribution is 2.43. The maximum Gasteiger partial charge on any atom is 0.244 e. The molecule has 1 fully saturated rings. The van der Waals surface area contributed by atoms with Gasteiger partial charge in [-0.1, -0.05) is 31.0 Å². The smallest absolute Gasteiger partial charge is 0.244 e. The first-order chi connectivity index (χ1) is 14.7. The van der Waals surface area contributed by atoms with E-state index in [1.165, 1.54) is 11.6 Å². The van der Waals surface area contributed by atoms with Crippen LogP contribution in [0.15, 0.2) is 53.0 Å². The van der Waals surface area contributed by atoms with Crippen molar-refractivity contribution in [3.05, 3.63) is 60.0 Å². The topological polar surface area (TPSA) is 73.6 Å². The van der Waals surface area contributed by atoms with Gasteiger partial charge in [0.05, 0.1) is 0 Å². The summed E-state index contributed by atoms with van der Waals surface area (Å²) in [6, 6.07) is 13.7. The molecule has 1 aliphatic carbocycles. The van der Waals surface area contributed by atoms with E-state index in [0.717, 1.165) is 42.7 Å². The number of aromatic nitrogens is 1. The fourth-order valence-electron chi connectivity index (χ4n) is 4.42. The predicted molar refractivity (Wildman–Crippen MR) is 114 cm³/mol. The third-order valence-corrected chi connectivity index (χ3v) is 6.00. The Morgan fingerprint density at radius 3 is 2.70 bits per heavy atom. The van der Waals surface area contributed by atoms with E-state index in [-0.39, 0.29) is 11.3 Å². The lowest BCUT2D eigenvalue weighted by Gasteiger charge is -2.31. The molecule has 30 heavy (non-hydrogen) atoms. The molecule has 2 aliphatic rings. The van der Waals surface area contributed by atoms with Gasteiger partial charge in [-0.2, -0.15) is 0 Å². The van der Waals surface area contributed by atoms with E-state index in [9.17, 15) is 4.79 Å². The number of carbonyl (C=O) groups excluding carboxylic acids is 1. The summed E-state index contributed by atoms with van der Waals surface area (Å²) in [4.78, 5) is 16.8. The molecule has 6 heteroatoms. The molecule has 0 unspecified atom stereocenters. The zero-order valence-corrected chi connectivity index (χ0v) is 16.7. The second kappa shape index (κ2) is 7.86. The summed E-state index contributed by atoms with van der Waals surface area (Å²) in [7, 11) is 0. The Morgan fingerprint density at radius 2 is 1.87 bits per heavy atom. The molecule has 0 atom stereocenters. The fourth-order valence-corrected chi connectivity index (χ4v) is 4.42. The van der Waals surface area contributed by atoms with Crippen molar-refractivity contribution in [1.82, 2.24) is 10.3 Å². The van der Waals surface area contributed by atoms with Gasteiger partial charge in [-0.25, -0.2) is 4.98 Å². The summed E-state index contributed by atoms with van der Waals surface area (Å²) in [5.41, 5.74) is 2.62. The first-order valence-corrected chi connectivity index (χ1v) is 10.4. The lowest BCUT2D eigenvalue weighted by atomic mass is 9.78. The summed E-state index contributed by atoms with van der Waals surface area (Å²) < 4.78 is 17.0. The molecule has 2 heterocycles. The maximum absolute atomic E-state index is 12.5. The second-order valence-electron chi connectivity index (χ2n) is 7.92. The van der Waals surface area contributed by atoms with Crippen LogP contribution in [0.4, 0.5) is 0 Å². The van der Waals surface area contributed by atoms with Gasteiger partial charge >= 0.3 is 0 Å². The molecular formula is C24H24N2O4. The number of carbonyl (C=O) groups is 1. The lowest BCUT2D eigenvalue weighted by molar-refractivity contribution is -0.116. The molecule has 0 saturated heterocycles. The molecule has 3 aromatic rings. The number of fused-ring (bicyclic) bond motifs is 2. The lowest BCUT2D eigenvalue weighted by Crippen LogP contribution is -2.38. The van der Waals surface area contributed by atoms with Crippen molar-refractivity contribution in [2.75, 3.05) is 19.8 Å². The van der Waals surface area contributed by atoms with Crippen molar-refractivity contribution < 1.29 is 18.7 Å². The number of oxazole rings is 1. The van der Waals surface area contributed by atoms with Crippen LogP contribution in [-0.2, 0) is 10.2 Å². The molecule has 1 aromatic heterocycles. The van der Waals surface area contributed by atoms with E-state index < -0.39 is 0 Å². The van der Waals surface area contributed by atoms with Crippen molar-refractivity contribution in [2.45, 2.75) is 31.1 Å². The highest BCUT2D eigenvalue weighted by atomic mass is 16.6. The number of hydrogen-bond acceptors (Lipinski definition) is 5. The first-order valence-electron chi connectivity index (χ1n) is 10.4. The number of para-hydroxylation sites is 2. The minimum absolute atomic E-state index is 0.0725. The predicted octanol–water partition coefficient (Wildman–Crippen LogP) is 4.24. The van der Waals surface area contributed by atoms with Gasteiger partial charge in [0.1, 0.15) is 18.7 Å². The van der Waals surface area contributed by atoms with Crippen molar-refractivity contribution in [3.63, 3.8) is 0 Å². The van der Waals surface area contributed by atoms with E-state index in [4.69, 9.17) is 13.9 Å². The minimum atomic E-state index is -0.152. The van der Waals surface area contributed by atoms with Crippen LogP contribution < -0.4 is 14.8 Å². The molecule has 1 N–H and O–H groups in total. The fraction of sp³-hybridized carbons (Fsp3) is 0.333. The standard InChI is InChI=1S/C24H24N2O4/c27-22(9-10-23-26-18-5-1-2-6-19(18)30-23)25-16-24(11-3-4-12-24)17-7-8-20-21(15-17)29-14-13-28-20/h1-2,5-10,15H,3-4,11-14,16H2,(H,25,27)/b10-9+. The van der Waals surface area contributed by atoms with Crippen molar-refractivity contribution in [1.29, 1.82) is 0 Å². The average molecular weight is 404 g/mol. The Kier molecular flexibility index (Phi) is 4.91. The van der Waals surface area contributed by atoms with E-state index in [2.05, 4.69) is 22.4 Å². The summed E-state index contributed by atoms with van der Waals surface area (Å²) in [5.74, 6) is 1.87. The number of amides is 1. The summed E-state index contributed by atoms with van der Waals surface area (Å²) in [5, 5.41) is 3.08. The number of nitrogens with zero attached hydrogens (tertiary/aromatic N) is 1. The van der Waals surface area contributed by atoms with E-state index in [1.807, 2.05) is 30.3 Å². The first kappa shape index (κ1) is 18.7.